The minimum Gasteiger partial charge on any atom is -0.310 e. The standard InChI is InChI=1S/C48H35N3S/c1-47(2)39-23-10-9-20-36(39)37-21-15-22-38(44(37)47)45-49-46(52-50-45)32-28-30-35(31-29-32)51-42-26-13-11-24-40(42)48(33-16-5-3-6-17-33,34-18-7-4-8-19-34)41-25-12-14-27-43(41)51/h3-31H,1-2H3. The molecular weight excluding hydrogens is 651 g/mol. The van der Waals surface area contributed by atoms with Crippen LogP contribution >= 0.6 is 11.5 Å². The molecule has 0 unspecified atom stereocenters. The van der Waals surface area contributed by atoms with Crippen LogP contribution in [0, 0.1) is 0 Å². The zero-order valence-corrected chi connectivity index (χ0v) is 29.8. The molecule has 1 aliphatic carbocycles. The molecule has 0 N–H and O–H groups in total. The molecule has 8 aromatic rings. The summed E-state index contributed by atoms with van der Waals surface area (Å²) < 4.78 is 4.93. The van der Waals surface area contributed by atoms with E-state index in [9.17, 15) is 0 Å². The van der Waals surface area contributed by atoms with Crippen molar-refractivity contribution in [3.8, 4) is 33.1 Å². The van der Waals surface area contributed by atoms with Crippen molar-refractivity contribution in [2.24, 2.45) is 0 Å². The number of nitrogens with zero attached hydrogens (tertiary/aromatic N) is 3. The fourth-order valence-corrected chi connectivity index (χ4v) is 9.61. The van der Waals surface area contributed by atoms with E-state index < -0.39 is 5.41 Å². The van der Waals surface area contributed by atoms with Gasteiger partial charge in [-0.2, -0.15) is 4.37 Å². The van der Waals surface area contributed by atoms with E-state index in [4.69, 9.17) is 9.36 Å². The van der Waals surface area contributed by atoms with Gasteiger partial charge < -0.3 is 4.90 Å². The van der Waals surface area contributed by atoms with E-state index in [-0.39, 0.29) is 5.41 Å². The first-order valence-corrected chi connectivity index (χ1v) is 18.6. The third-order valence-corrected chi connectivity index (χ3v) is 11.9. The van der Waals surface area contributed by atoms with E-state index >= 15 is 0 Å². The molecule has 10 rings (SSSR count). The fraction of sp³-hybridized carbons (Fsp3) is 0.0833. The van der Waals surface area contributed by atoms with E-state index in [0.717, 1.165) is 27.6 Å². The number of aromatic nitrogens is 2. The lowest BCUT2D eigenvalue weighted by molar-refractivity contribution is 0.661. The predicted octanol–water partition coefficient (Wildman–Crippen LogP) is 12.3. The lowest BCUT2D eigenvalue weighted by atomic mass is 9.62. The Hall–Kier alpha value is -6.10. The third-order valence-electron chi connectivity index (χ3n) is 11.1. The SMILES string of the molecule is CC1(C)c2ccccc2-c2cccc(-c3nsc(-c4ccc(N5c6ccccc6C(c6ccccc6)(c6ccccc6)c6ccccc65)cc4)n3)c21. The minimum absolute atomic E-state index is 0.130. The van der Waals surface area contributed by atoms with Crippen LogP contribution in [0.4, 0.5) is 17.1 Å². The van der Waals surface area contributed by atoms with Crippen LogP contribution in [0.25, 0.3) is 33.1 Å². The first-order valence-electron chi connectivity index (χ1n) is 17.8. The van der Waals surface area contributed by atoms with Crippen molar-refractivity contribution in [2.75, 3.05) is 4.90 Å². The van der Waals surface area contributed by atoms with Gasteiger partial charge in [0.25, 0.3) is 0 Å². The van der Waals surface area contributed by atoms with Gasteiger partial charge in [-0.25, -0.2) is 4.98 Å². The van der Waals surface area contributed by atoms with E-state index in [1.807, 2.05) is 0 Å². The van der Waals surface area contributed by atoms with Gasteiger partial charge in [-0.3, -0.25) is 0 Å². The van der Waals surface area contributed by atoms with Gasteiger partial charge in [-0.1, -0.05) is 153 Å². The Morgan fingerprint density at radius 1 is 0.481 bits per heavy atom. The van der Waals surface area contributed by atoms with Crippen LogP contribution in [0.5, 0.6) is 0 Å². The summed E-state index contributed by atoms with van der Waals surface area (Å²) in [5, 5.41) is 0.916. The van der Waals surface area contributed by atoms with Gasteiger partial charge in [-0.05, 0) is 92.4 Å². The average Bonchev–Trinajstić information content (AvgIpc) is 3.79. The Labute approximate surface area is 308 Å². The number of fused-ring (bicyclic) bond motifs is 5. The Morgan fingerprint density at radius 3 is 1.63 bits per heavy atom. The van der Waals surface area contributed by atoms with E-state index in [2.05, 4.69) is 195 Å². The molecular formula is C48H35N3S. The highest BCUT2D eigenvalue weighted by Crippen LogP contribution is 2.58. The molecule has 0 bridgehead atoms. The molecule has 0 radical (unpaired) electrons. The van der Waals surface area contributed by atoms with Crippen molar-refractivity contribution in [1.29, 1.82) is 0 Å². The number of para-hydroxylation sites is 2. The Morgan fingerprint density at radius 2 is 1.00 bits per heavy atom. The van der Waals surface area contributed by atoms with Crippen molar-refractivity contribution in [1.82, 2.24) is 9.36 Å². The summed E-state index contributed by atoms with van der Waals surface area (Å²) in [7, 11) is 0. The van der Waals surface area contributed by atoms with Crippen molar-refractivity contribution in [3.63, 3.8) is 0 Å². The normalized spacial score (nSPS) is 14.6. The molecule has 0 spiro atoms. The number of hydrogen-bond acceptors (Lipinski definition) is 4. The summed E-state index contributed by atoms with van der Waals surface area (Å²) in [6.45, 7) is 4.63. The van der Waals surface area contributed by atoms with Gasteiger partial charge in [-0.15, -0.1) is 0 Å². The monoisotopic (exact) mass is 685 g/mol. The van der Waals surface area contributed by atoms with E-state index in [1.165, 1.54) is 67.4 Å². The Balaban J connectivity index is 1.07. The van der Waals surface area contributed by atoms with Crippen molar-refractivity contribution in [2.45, 2.75) is 24.7 Å². The first kappa shape index (κ1) is 30.7. The molecule has 0 amide bonds. The lowest BCUT2D eigenvalue weighted by Gasteiger charge is -2.46. The molecule has 4 heteroatoms. The smallest absolute Gasteiger partial charge is 0.173 e. The average molecular weight is 686 g/mol. The highest BCUT2D eigenvalue weighted by Gasteiger charge is 2.46. The van der Waals surface area contributed by atoms with Crippen LogP contribution in [0.2, 0.25) is 0 Å². The second-order valence-corrected chi connectivity index (χ2v) is 15.0. The Kier molecular flexibility index (Phi) is 6.92. The molecule has 0 saturated heterocycles. The van der Waals surface area contributed by atoms with Gasteiger partial charge in [0, 0.05) is 22.2 Å². The number of rotatable bonds is 5. The summed E-state index contributed by atoms with van der Waals surface area (Å²) in [4.78, 5) is 7.56. The minimum atomic E-state index is -0.483. The maximum atomic E-state index is 5.15. The van der Waals surface area contributed by atoms with Crippen LogP contribution in [0.15, 0.2) is 176 Å². The molecule has 2 heterocycles. The van der Waals surface area contributed by atoms with E-state index in [0.29, 0.717) is 0 Å². The van der Waals surface area contributed by atoms with Crippen LogP contribution in [-0.4, -0.2) is 9.36 Å². The molecule has 0 fully saturated rings. The molecule has 7 aromatic carbocycles. The van der Waals surface area contributed by atoms with Gasteiger partial charge >= 0.3 is 0 Å². The summed E-state index contributed by atoms with van der Waals surface area (Å²) >= 11 is 1.47. The predicted molar refractivity (Wildman–Crippen MR) is 215 cm³/mol. The highest BCUT2D eigenvalue weighted by molar-refractivity contribution is 7.09. The summed E-state index contributed by atoms with van der Waals surface area (Å²) in [6.07, 6.45) is 0. The molecule has 1 aromatic heterocycles. The second kappa shape index (κ2) is 11.7. The third kappa shape index (κ3) is 4.37. The maximum Gasteiger partial charge on any atom is 0.173 e. The van der Waals surface area contributed by atoms with Crippen LogP contribution < -0.4 is 4.90 Å². The number of anilines is 3. The van der Waals surface area contributed by atoms with E-state index in [1.54, 1.807) is 0 Å². The van der Waals surface area contributed by atoms with Crippen molar-refractivity contribution >= 4 is 28.6 Å². The first-order chi connectivity index (χ1) is 25.6. The van der Waals surface area contributed by atoms with Crippen LogP contribution in [0.3, 0.4) is 0 Å². The molecule has 2 aliphatic rings. The maximum absolute atomic E-state index is 5.15. The molecule has 0 atom stereocenters. The summed E-state index contributed by atoms with van der Waals surface area (Å²) in [5.41, 5.74) is 15.3. The lowest BCUT2D eigenvalue weighted by Crippen LogP contribution is -2.37. The van der Waals surface area contributed by atoms with Crippen LogP contribution in [0.1, 0.15) is 47.2 Å². The zero-order chi connectivity index (χ0) is 34.9. The summed E-state index contributed by atoms with van der Waals surface area (Å²) in [6, 6.07) is 63.8. The second-order valence-electron chi connectivity index (χ2n) is 14.2. The van der Waals surface area contributed by atoms with Gasteiger partial charge in [0.05, 0.1) is 16.8 Å². The quantitative estimate of drug-likeness (QED) is 0.181. The van der Waals surface area contributed by atoms with Gasteiger partial charge in [0.2, 0.25) is 0 Å². The van der Waals surface area contributed by atoms with Gasteiger partial charge in [0.1, 0.15) is 5.01 Å². The Bertz CT molecular complexity index is 2520. The molecule has 248 valence electrons. The summed E-state index contributed by atoms with van der Waals surface area (Å²) in [5.74, 6) is 0.791. The van der Waals surface area contributed by atoms with Crippen molar-refractivity contribution < 1.29 is 0 Å². The molecule has 3 nitrogen and oxygen atoms in total. The molecule has 1 aliphatic heterocycles. The van der Waals surface area contributed by atoms with Gasteiger partial charge in [0.15, 0.2) is 5.82 Å². The number of benzene rings is 7. The molecule has 52 heavy (non-hydrogen) atoms. The molecule has 0 saturated carbocycles. The fourth-order valence-electron chi connectivity index (χ4n) is 8.93. The largest absolute Gasteiger partial charge is 0.310 e. The zero-order valence-electron chi connectivity index (χ0n) is 29.0. The number of hydrogen-bond donors (Lipinski definition) is 0. The van der Waals surface area contributed by atoms with Crippen molar-refractivity contribution in [3.05, 3.63) is 209 Å². The topological polar surface area (TPSA) is 29.0 Å². The van der Waals surface area contributed by atoms with Crippen LogP contribution in [-0.2, 0) is 10.8 Å². The highest BCUT2D eigenvalue weighted by atomic mass is 32.1.